The number of aromatic nitrogens is 2. The third kappa shape index (κ3) is 4.01. The number of hydrogen-bond acceptors (Lipinski definition) is 6. The molecule has 0 aliphatic rings. The topological polar surface area (TPSA) is 89.0 Å². The van der Waals surface area contributed by atoms with Crippen molar-refractivity contribution < 1.29 is 17.6 Å². The zero-order valence-electron chi connectivity index (χ0n) is 14.9. The van der Waals surface area contributed by atoms with Crippen LogP contribution in [0.3, 0.4) is 0 Å². The Morgan fingerprint density at radius 2 is 1.69 bits per heavy atom. The molecule has 146 valence electrons. The van der Waals surface area contributed by atoms with Gasteiger partial charge in [-0.05, 0) is 22.9 Å². The number of fused-ring (bicyclic) bond motifs is 1. The van der Waals surface area contributed by atoms with E-state index in [2.05, 4.69) is 15.5 Å². The molecule has 29 heavy (non-hydrogen) atoms. The molecule has 0 saturated heterocycles. The Morgan fingerprint density at radius 1 is 0.966 bits per heavy atom. The maximum absolute atomic E-state index is 13.8. The molecule has 0 radical (unpaired) electrons. The van der Waals surface area contributed by atoms with E-state index in [1.165, 1.54) is 18.2 Å². The summed E-state index contributed by atoms with van der Waals surface area (Å²) in [5, 5.41) is 11.7. The molecule has 0 aliphatic heterocycles. The lowest BCUT2D eigenvalue weighted by atomic mass is 10.0. The highest BCUT2D eigenvalue weighted by Gasteiger charge is 2.23. The highest BCUT2D eigenvalue weighted by Crippen LogP contribution is 2.25. The lowest BCUT2D eigenvalue weighted by molar-refractivity contribution is 0.102. The summed E-state index contributed by atoms with van der Waals surface area (Å²) in [6.45, 7) is 0. The largest absolute Gasteiger partial charge is 0.296 e. The molecular weight excluding hydrogens is 413 g/mol. The van der Waals surface area contributed by atoms with Crippen LogP contribution in [0.15, 0.2) is 71.1 Å². The minimum atomic E-state index is -3.90. The SMILES string of the molecule is O=C(Nc1nnc(S(=O)(=O)Cc2ccccc2F)s1)c1cccc2ccccc12. The Bertz CT molecular complexity index is 1310. The first kappa shape index (κ1) is 19.2. The molecule has 9 heteroatoms. The lowest BCUT2D eigenvalue weighted by Crippen LogP contribution is -2.12. The Hall–Kier alpha value is -3.17. The Labute approximate surface area is 170 Å². The summed E-state index contributed by atoms with van der Waals surface area (Å²) in [5.74, 6) is -1.56. The zero-order chi connectivity index (χ0) is 20.4. The van der Waals surface area contributed by atoms with Gasteiger partial charge in [-0.3, -0.25) is 10.1 Å². The fourth-order valence-electron chi connectivity index (χ4n) is 2.86. The Kier molecular flexibility index (Phi) is 5.08. The highest BCUT2D eigenvalue weighted by molar-refractivity contribution is 7.92. The van der Waals surface area contributed by atoms with Crippen LogP contribution >= 0.6 is 11.3 Å². The molecule has 0 fully saturated rings. The van der Waals surface area contributed by atoms with Gasteiger partial charge in [0.15, 0.2) is 0 Å². The third-order valence-electron chi connectivity index (χ3n) is 4.23. The van der Waals surface area contributed by atoms with E-state index in [1.807, 2.05) is 30.3 Å². The summed E-state index contributed by atoms with van der Waals surface area (Å²) in [4.78, 5) is 12.7. The lowest BCUT2D eigenvalue weighted by Gasteiger charge is -2.05. The van der Waals surface area contributed by atoms with Gasteiger partial charge in [-0.2, -0.15) is 0 Å². The quantitative estimate of drug-likeness (QED) is 0.485. The van der Waals surface area contributed by atoms with Gasteiger partial charge in [-0.1, -0.05) is 65.9 Å². The van der Waals surface area contributed by atoms with E-state index >= 15 is 0 Å². The number of nitrogens with one attached hydrogen (secondary N) is 1. The van der Waals surface area contributed by atoms with Crippen molar-refractivity contribution in [2.45, 2.75) is 10.1 Å². The highest BCUT2D eigenvalue weighted by atomic mass is 32.2. The van der Waals surface area contributed by atoms with Crippen molar-refractivity contribution in [2.24, 2.45) is 0 Å². The van der Waals surface area contributed by atoms with E-state index in [0.29, 0.717) is 5.56 Å². The van der Waals surface area contributed by atoms with Crippen molar-refractivity contribution in [1.82, 2.24) is 10.2 Å². The van der Waals surface area contributed by atoms with Gasteiger partial charge in [0, 0.05) is 11.1 Å². The van der Waals surface area contributed by atoms with Crippen molar-refractivity contribution in [3.8, 4) is 0 Å². The average Bonchev–Trinajstić information content (AvgIpc) is 3.18. The normalized spacial score (nSPS) is 11.5. The van der Waals surface area contributed by atoms with Crippen molar-refractivity contribution in [1.29, 1.82) is 0 Å². The number of anilines is 1. The van der Waals surface area contributed by atoms with Gasteiger partial charge in [-0.15, -0.1) is 10.2 Å². The van der Waals surface area contributed by atoms with Crippen molar-refractivity contribution >= 4 is 43.0 Å². The first-order valence-electron chi connectivity index (χ1n) is 8.53. The number of hydrogen-bond donors (Lipinski definition) is 1. The average molecular weight is 427 g/mol. The molecule has 4 aromatic rings. The van der Waals surface area contributed by atoms with Crippen LogP contribution in [0.2, 0.25) is 0 Å². The van der Waals surface area contributed by atoms with Crippen molar-refractivity contribution in [2.75, 3.05) is 5.32 Å². The molecule has 0 bridgehead atoms. The molecule has 3 aromatic carbocycles. The summed E-state index contributed by atoms with van der Waals surface area (Å²) in [5.41, 5.74) is 0.484. The molecule has 4 rings (SSSR count). The molecule has 1 amide bonds. The van der Waals surface area contributed by atoms with Gasteiger partial charge >= 0.3 is 0 Å². The Morgan fingerprint density at radius 3 is 2.52 bits per heavy atom. The number of benzene rings is 3. The summed E-state index contributed by atoms with van der Waals surface area (Å²) >= 11 is 0.729. The number of carbonyl (C=O) groups excluding carboxylic acids is 1. The molecular formula is C20H14FN3O3S2. The van der Waals surface area contributed by atoms with Crippen LogP contribution in [0.25, 0.3) is 10.8 Å². The number of rotatable bonds is 5. The number of nitrogens with zero attached hydrogens (tertiary/aromatic N) is 2. The van der Waals surface area contributed by atoms with Crippen LogP contribution in [0.1, 0.15) is 15.9 Å². The molecule has 6 nitrogen and oxygen atoms in total. The van der Waals surface area contributed by atoms with E-state index in [1.54, 1.807) is 18.2 Å². The van der Waals surface area contributed by atoms with Crippen LogP contribution < -0.4 is 5.32 Å². The molecule has 0 aliphatic carbocycles. The van der Waals surface area contributed by atoms with Crippen LogP contribution in [0, 0.1) is 5.82 Å². The second-order valence-electron chi connectivity index (χ2n) is 6.20. The number of sulfone groups is 1. The van der Waals surface area contributed by atoms with E-state index in [-0.39, 0.29) is 15.0 Å². The number of amides is 1. The van der Waals surface area contributed by atoms with E-state index in [4.69, 9.17) is 0 Å². The first-order chi connectivity index (χ1) is 13.9. The maximum Gasteiger partial charge on any atom is 0.258 e. The number of halogens is 1. The molecule has 1 aromatic heterocycles. The molecule has 0 spiro atoms. The smallest absolute Gasteiger partial charge is 0.258 e. The van der Waals surface area contributed by atoms with Gasteiger partial charge in [0.05, 0.1) is 5.75 Å². The maximum atomic E-state index is 13.8. The van der Waals surface area contributed by atoms with E-state index in [0.717, 1.165) is 22.1 Å². The van der Waals surface area contributed by atoms with Crippen LogP contribution in [-0.2, 0) is 15.6 Å². The molecule has 1 N–H and O–H groups in total. The third-order valence-corrected chi connectivity index (χ3v) is 7.18. The monoisotopic (exact) mass is 427 g/mol. The van der Waals surface area contributed by atoms with Gasteiger partial charge in [0.1, 0.15) is 5.82 Å². The molecule has 0 atom stereocenters. The predicted octanol–water partition coefficient (Wildman–Crippen LogP) is 4.06. The first-order valence-corrected chi connectivity index (χ1v) is 11.0. The number of carbonyl (C=O) groups is 1. The fraction of sp³-hybridized carbons (Fsp3) is 0.0500. The van der Waals surface area contributed by atoms with Crippen LogP contribution in [-0.4, -0.2) is 24.5 Å². The standard InChI is InChI=1S/C20H14FN3O3S2/c21-17-11-4-2-7-14(17)12-29(26,27)20-24-23-19(28-20)22-18(25)16-10-5-8-13-6-1-3-9-15(13)16/h1-11H,12H2,(H,22,23,25). The predicted molar refractivity (Wildman–Crippen MR) is 109 cm³/mol. The van der Waals surface area contributed by atoms with Gasteiger partial charge in [-0.25, -0.2) is 12.8 Å². The minimum absolute atomic E-state index is 0.0454. The summed E-state index contributed by atoms with van der Waals surface area (Å²) in [7, 11) is -3.90. The van der Waals surface area contributed by atoms with Gasteiger partial charge in [0.25, 0.3) is 5.91 Å². The molecule has 0 saturated carbocycles. The Balaban J connectivity index is 1.56. The molecule has 1 heterocycles. The van der Waals surface area contributed by atoms with Gasteiger partial charge in [0.2, 0.25) is 19.3 Å². The summed E-state index contributed by atoms with van der Waals surface area (Å²) < 4.78 is 38.5. The van der Waals surface area contributed by atoms with E-state index in [9.17, 15) is 17.6 Å². The van der Waals surface area contributed by atoms with Crippen LogP contribution in [0.4, 0.5) is 9.52 Å². The van der Waals surface area contributed by atoms with E-state index < -0.39 is 27.3 Å². The fourth-order valence-corrected chi connectivity index (χ4v) is 5.18. The van der Waals surface area contributed by atoms with Gasteiger partial charge < -0.3 is 0 Å². The second-order valence-corrected chi connectivity index (χ2v) is 9.35. The van der Waals surface area contributed by atoms with Crippen molar-refractivity contribution in [3.05, 3.63) is 83.7 Å². The van der Waals surface area contributed by atoms with Crippen molar-refractivity contribution in [3.63, 3.8) is 0 Å². The summed E-state index contributed by atoms with van der Waals surface area (Å²) in [6.07, 6.45) is 0. The summed E-state index contributed by atoms with van der Waals surface area (Å²) in [6, 6.07) is 18.4. The van der Waals surface area contributed by atoms with Crippen LogP contribution in [0.5, 0.6) is 0 Å². The second kappa shape index (κ2) is 7.69. The zero-order valence-corrected chi connectivity index (χ0v) is 16.5. The molecule has 0 unspecified atom stereocenters. The minimum Gasteiger partial charge on any atom is -0.296 e.